The molecule has 9 rings (SSSR count). The Morgan fingerprint density at radius 2 is 0.655 bits per heavy atom. The first-order valence-corrected chi connectivity index (χ1v) is 19.5. The van der Waals surface area contributed by atoms with Gasteiger partial charge < -0.3 is 9.97 Å². The summed E-state index contributed by atoms with van der Waals surface area (Å²) in [6, 6.07) is 40.0. The molecule has 5 heterocycles. The number of nitrogens with one attached hydrogen (secondary N) is 2. The Bertz CT molecular complexity index is 2950. The van der Waals surface area contributed by atoms with Gasteiger partial charge in [0.15, 0.2) is 0 Å². The van der Waals surface area contributed by atoms with E-state index in [1.807, 2.05) is 18.2 Å². The highest BCUT2D eigenvalue weighted by atomic mass is 32.2. The minimum absolute atomic E-state index is 0.180. The van der Waals surface area contributed by atoms with E-state index in [2.05, 4.69) is 134 Å². The molecule has 4 aromatic carbocycles. The van der Waals surface area contributed by atoms with Gasteiger partial charge in [-0.1, -0.05) is 102 Å². The van der Waals surface area contributed by atoms with Gasteiger partial charge >= 0.3 is 0 Å². The van der Waals surface area contributed by atoms with E-state index in [1.165, 1.54) is 17.7 Å². The fraction of sp³-hybridized carbons (Fsp3) is 0.0638. The molecule has 2 aliphatic rings. The minimum Gasteiger partial charge on any atom is -0.354 e. The van der Waals surface area contributed by atoms with Crippen molar-refractivity contribution in [2.75, 3.05) is 0 Å². The maximum atomic E-state index is 12.0. The molecular weight excluding hydrogens is 701 g/mol. The van der Waals surface area contributed by atoms with Gasteiger partial charge in [0.1, 0.15) is 0 Å². The number of rotatable bonds is 5. The normalized spacial score (nSPS) is 12.4. The van der Waals surface area contributed by atoms with Crippen molar-refractivity contribution >= 4 is 56.5 Å². The standard InChI is InChI=1S/C47H36N4O3S/c1-28-4-10-31(11-5-28)44-36-20-22-38(48-36)45(32-12-6-29(2)7-13-32)40-24-26-42(50-40)47(34-16-18-35(19-17-34)55(52,53)54)43-27-25-41(51-43)46(39-23-21-37(44)49-39)33-14-8-30(3)9-15-33/h4-27,48,51H,1-3H3,(H,52,53,54). The van der Waals surface area contributed by atoms with Crippen LogP contribution >= 0.6 is 0 Å². The van der Waals surface area contributed by atoms with Crippen LogP contribution in [0.4, 0.5) is 0 Å². The van der Waals surface area contributed by atoms with Crippen molar-refractivity contribution in [3.63, 3.8) is 0 Å². The lowest BCUT2D eigenvalue weighted by Crippen LogP contribution is -1.97. The average Bonchev–Trinajstić information content (AvgIpc) is 4.01. The summed E-state index contributed by atoms with van der Waals surface area (Å²) in [6.45, 7) is 6.24. The highest BCUT2D eigenvalue weighted by Crippen LogP contribution is 2.38. The third-order valence-electron chi connectivity index (χ3n) is 10.2. The van der Waals surface area contributed by atoms with E-state index in [1.54, 1.807) is 12.1 Å². The molecule has 3 aromatic heterocycles. The first-order valence-electron chi connectivity index (χ1n) is 18.0. The number of hydrogen-bond donors (Lipinski definition) is 3. The fourth-order valence-electron chi connectivity index (χ4n) is 7.37. The van der Waals surface area contributed by atoms with Gasteiger partial charge in [-0.3, -0.25) is 4.55 Å². The molecular formula is C47H36N4O3S. The summed E-state index contributed by atoms with van der Waals surface area (Å²) < 4.78 is 33.8. The number of fused-ring (bicyclic) bond motifs is 8. The van der Waals surface area contributed by atoms with E-state index in [-0.39, 0.29) is 4.90 Å². The Kier molecular flexibility index (Phi) is 8.30. The molecule has 3 N–H and O–H groups in total. The predicted molar refractivity (Wildman–Crippen MR) is 225 cm³/mol. The summed E-state index contributed by atoms with van der Waals surface area (Å²) in [5, 5.41) is 0. The zero-order valence-corrected chi connectivity index (χ0v) is 31.2. The van der Waals surface area contributed by atoms with Crippen molar-refractivity contribution in [1.82, 2.24) is 19.9 Å². The molecule has 2 aliphatic heterocycles. The molecule has 7 nitrogen and oxygen atoms in total. The van der Waals surface area contributed by atoms with Gasteiger partial charge in [0.25, 0.3) is 10.1 Å². The van der Waals surface area contributed by atoms with Gasteiger partial charge in [0.2, 0.25) is 0 Å². The maximum Gasteiger partial charge on any atom is 0.294 e. The van der Waals surface area contributed by atoms with Crippen LogP contribution < -0.4 is 0 Å². The fourth-order valence-corrected chi connectivity index (χ4v) is 7.85. The van der Waals surface area contributed by atoms with E-state index in [4.69, 9.17) is 9.97 Å². The van der Waals surface area contributed by atoms with E-state index < -0.39 is 10.1 Å². The van der Waals surface area contributed by atoms with Crippen molar-refractivity contribution in [3.05, 3.63) is 161 Å². The quantitative estimate of drug-likeness (QED) is 0.152. The molecule has 0 atom stereocenters. The molecule has 0 amide bonds. The smallest absolute Gasteiger partial charge is 0.294 e. The summed E-state index contributed by atoms with van der Waals surface area (Å²) in [7, 11) is -4.38. The highest BCUT2D eigenvalue weighted by molar-refractivity contribution is 7.85. The van der Waals surface area contributed by atoms with Crippen molar-refractivity contribution in [1.29, 1.82) is 0 Å². The van der Waals surface area contributed by atoms with Crippen LogP contribution in [0.3, 0.4) is 0 Å². The van der Waals surface area contributed by atoms with Crippen LogP contribution in [0, 0.1) is 20.8 Å². The van der Waals surface area contributed by atoms with Crippen LogP contribution in [0.1, 0.15) is 39.5 Å². The third kappa shape index (κ3) is 6.41. The number of H-pyrrole nitrogens is 2. The SMILES string of the molecule is Cc1ccc(-c2c3nc(c(-c4ccc(C)cc4)c4ccc([nH]4)c(-c4ccc(S(=O)(=O)O)cc4)c4nc(c(-c5ccc(C)cc5)c5ccc2[nH]5)C=C4)C=C3)cc1. The lowest BCUT2D eigenvalue weighted by molar-refractivity contribution is 0.483. The second-order valence-electron chi connectivity index (χ2n) is 14.1. The van der Waals surface area contributed by atoms with Gasteiger partial charge in [0, 0.05) is 44.3 Å². The van der Waals surface area contributed by atoms with Crippen molar-refractivity contribution in [2.45, 2.75) is 25.7 Å². The van der Waals surface area contributed by atoms with Crippen LogP contribution in [-0.4, -0.2) is 32.9 Å². The Balaban J connectivity index is 1.45. The monoisotopic (exact) mass is 736 g/mol. The van der Waals surface area contributed by atoms with E-state index in [0.717, 1.165) is 94.8 Å². The van der Waals surface area contributed by atoms with Crippen LogP contribution in [0.15, 0.2) is 126 Å². The van der Waals surface area contributed by atoms with Crippen LogP contribution in [-0.2, 0) is 10.1 Å². The highest BCUT2D eigenvalue weighted by Gasteiger charge is 2.19. The summed E-state index contributed by atoms with van der Waals surface area (Å²) in [6.07, 6.45) is 8.19. The number of nitrogens with zero attached hydrogens (tertiary/aromatic N) is 2. The molecule has 8 heteroatoms. The molecule has 0 unspecified atom stereocenters. The largest absolute Gasteiger partial charge is 0.354 e. The van der Waals surface area contributed by atoms with Crippen molar-refractivity contribution in [2.24, 2.45) is 0 Å². The van der Waals surface area contributed by atoms with E-state index in [9.17, 15) is 13.0 Å². The first kappa shape index (κ1) is 34.2. The summed E-state index contributed by atoms with van der Waals surface area (Å²) in [5.41, 5.74) is 17.5. The average molecular weight is 737 g/mol. The number of hydrogen-bond acceptors (Lipinski definition) is 4. The Morgan fingerprint density at radius 3 is 0.909 bits per heavy atom. The molecule has 55 heavy (non-hydrogen) atoms. The molecule has 268 valence electrons. The van der Waals surface area contributed by atoms with Gasteiger partial charge in [-0.15, -0.1) is 0 Å². The van der Waals surface area contributed by atoms with Gasteiger partial charge in [0.05, 0.1) is 27.7 Å². The number of benzene rings is 4. The first-order chi connectivity index (χ1) is 26.6. The van der Waals surface area contributed by atoms with Gasteiger partial charge in [-0.05, 0) is 104 Å². The molecule has 0 fully saturated rings. The molecule has 0 radical (unpaired) electrons. The van der Waals surface area contributed by atoms with Crippen LogP contribution in [0.5, 0.6) is 0 Å². The lowest BCUT2D eigenvalue weighted by atomic mass is 10.0. The lowest BCUT2D eigenvalue weighted by Gasteiger charge is -2.08. The zero-order valence-electron chi connectivity index (χ0n) is 30.4. The second kappa shape index (κ2) is 13.4. The van der Waals surface area contributed by atoms with Gasteiger partial charge in [-0.2, -0.15) is 8.42 Å². The molecule has 0 saturated carbocycles. The van der Waals surface area contributed by atoms with E-state index in [0.29, 0.717) is 5.69 Å². The molecule has 7 aromatic rings. The van der Waals surface area contributed by atoms with Crippen molar-refractivity contribution in [3.8, 4) is 44.5 Å². The summed E-state index contributed by atoms with van der Waals surface area (Å²) in [4.78, 5) is 18.0. The molecule has 0 saturated heterocycles. The second-order valence-corrected chi connectivity index (χ2v) is 15.5. The van der Waals surface area contributed by atoms with E-state index >= 15 is 0 Å². The molecule has 0 aliphatic carbocycles. The van der Waals surface area contributed by atoms with Crippen LogP contribution in [0.2, 0.25) is 0 Å². The zero-order chi connectivity index (χ0) is 37.8. The topological polar surface area (TPSA) is 112 Å². The Labute approximate surface area is 319 Å². The number of aromatic nitrogens is 4. The van der Waals surface area contributed by atoms with Gasteiger partial charge in [-0.25, -0.2) is 9.97 Å². The van der Waals surface area contributed by atoms with Crippen molar-refractivity contribution < 1.29 is 13.0 Å². The Morgan fingerprint density at radius 1 is 0.400 bits per heavy atom. The predicted octanol–water partition coefficient (Wildman–Crippen LogP) is 11.5. The minimum atomic E-state index is -4.38. The Hall–Kier alpha value is -6.61. The van der Waals surface area contributed by atoms with Crippen LogP contribution in [0.25, 0.3) is 90.9 Å². The summed E-state index contributed by atoms with van der Waals surface area (Å²) >= 11 is 0. The summed E-state index contributed by atoms with van der Waals surface area (Å²) in [5.74, 6) is 0. The third-order valence-corrected chi connectivity index (χ3v) is 11.1. The molecule has 8 bridgehead atoms. The number of aromatic amines is 2. The number of aryl methyl sites for hydroxylation is 3. The maximum absolute atomic E-state index is 12.0. The molecule has 0 spiro atoms.